The van der Waals surface area contributed by atoms with Gasteiger partial charge < -0.3 is 49.3 Å². The van der Waals surface area contributed by atoms with Crippen LogP contribution >= 0.6 is 0 Å². The van der Waals surface area contributed by atoms with E-state index in [1.165, 1.54) is 0 Å². The van der Waals surface area contributed by atoms with Gasteiger partial charge in [-0.1, -0.05) is 0 Å². The highest BCUT2D eigenvalue weighted by Crippen LogP contribution is 2.42. The first kappa shape index (κ1) is 27.3. The molecule has 0 bridgehead atoms. The number of ether oxygens (including phenoxy) is 5. The third-order valence-corrected chi connectivity index (χ3v) is 6.69. The van der Waals surface area contributed by atoms with Crippen LogP contribution in [0.2, 0.25) is 13.6 Å². The molecule has 0 aromatic rings. The quantitative estimate of drug-likeness (QED) is 0.319. The van der Waals surface area contributed by atoms with Gasteiger partial charge in [0.15, 0.2) is 11.6 Å². The van der Waals surface area contributed by atoms with Crippen molar-refractivity contribution in [3.63, 3.8) is 0 Å². The molecule has 2 aliphatic heterocycles. The van der Waals surface area contributed by atoms with Crippen LogP contribution in [0.25, 0.3) is 0 Å². The highest BCUT2D eigenvalue weighted by atomic mass is 16.8. The molecule has 2 aliphatic carbocycles. The molecule has 2 saturated carbocycles. The van der Waals surface area contributed by atoms with Crippen molar-refractivity contribution in [1.29, 1.82) is 0 Å². The molecular formula is C21H42B2N2O8. The maximum atomic E-state index is 9.44. The second-order valence-electron chi connectivity index (χ2n) is 10.7. The van der Waals surface area contributed by atoms with E-state index in [9.17, 15) is 15.2 Å². The number of aliphatic hydroxyl groups excluding tert-OH is 1. The molecule has 8 atom stereocenters. The van der Waals surface area contributed by atoms with E-state index in [1.807, 2.05) is 27.7 Å². The third kappa shape index (κ3) is 6.69. The molecule has 33 heavy (non-hydrogen) atoms. The number of rotatable bonds is 7. The maximum Gasteiger partial charge on any atom is 0.373 e. The zero-order valence-corrected chi connectivity index (χ0v) is 21.0. The van der Waals surface area contributed by atoms with Gasteiger partial charge in [0.1, 0.15) is 12.2 Å². The number of hydrogen-bond acceptors (Lipinski definition) is 10. The van der Waals surface area contributed by atoms with E-state index in [2.05, 4.69) is 10.5 Å². The van der Waals surface area contributed by atoms with E-state index in [1.54, 1.807) is 20.8 Å². The van der Waals surface area contributed by atoms with Crippen LogP contribution in [0.15, 0.2) is 0 Å². The number of aliphatic hydroxyl groups is 1. The summed E-state index contributed by atoms with van der Waals surface area (Å²) in [4.78, 5) is 0. The van der Waals surface area contributed by atoms with E-state index in [-0.39, 0.29) is 49.0 Å². The molecule has 0 radical (unpaired) electrons. The van der Waals surface area contributed by atoms with Crippen molar-refractivity contribution in [2.24, 2.45) is 11.8 Å². The molecule has 190 valence electrons. The Morgan fingerprint density at radius 2 is 1.18 bits per heavy atom. The summed E-state index contributed by atoms with van der Waals surface area (Å²) >= 11 is 0. The van der Waals surface area contributed by atoms with Crippen LogP contribution in [0.4, 0.5) is 0 Å². The molecule has 4 aliphatic rings. The molecule has 0 spiro atoms. The summed E-state index contributed by atoms with van der Waals surface area (Å²) in [6.07, 6.45) is 1.58. The molecule has 2 saturated heterocycles. The Balaban J connectivity index is 0.000000186. The number of methoxy groups -OCH3 is 1. The van der Waals surface area contributed by atoms with Crippen LogP contribution in [0.5, 0.6) is 0 Å². The van der Waals surface area contributed by atoms with E-state index in [4.69, 9.17) is 23.7 Å². The molecule has 0 aromatic carbocycles. The molecule has 0 unspecified atom stereocenters. The van der Waals surface area contributed by atoms with Crippen molar-refractivity contribution in [3.05, 3.63) is 0 Å². The largest absolute Gasteiger partial charge is 0.437 e. The molecule has 10 nitrogen and oxygen atoms in total. The summed E-state index contributed by atoms with van der Waals surface area (Å²) in [6, 6.07) is 0.172. The van der Waals surface area contributed by atoms with Crippen molar-refractivity contribution in [2.75, 3.05) is 20.3 Å². The van der Waals surface area contributed by atoms with Gasteiger partial charge in [-0.15, -0.1) is 0 Å². The summed E-state index contributed by atoms with van der Waals surface area (Å²) in [7, 11) is 0.593. The van der Waals surface area contributed by atoms with Crippen LogP contribution < -0.4 is 10.5 Å². The first-order valence-corrected chi connectivity index (χ1v) is 12.0. The summed E-state index contributed by atoms with van der Waals surface area (Å²) in [5.41, 5.74) is 0. The average molecular weight is 472 g/mol. The average Bonchev–Trinajstić information content (AvgIpc) is 3.35. The predicted molar refractivity (Wildman–Crippen MR) is 124 cm³/mol. The van der Waals surface area contributed by atoms with Crippen molar-refractivity contribution in [1.82, 2.24) is 10.5 Å². The van der Waals surface area contributed by atoms with Crippen molar-refractivity contribution < 1.29 is 38.8 Å². The lowest BCUT2D eigenvalue weighted by atomic mass is 9.86. The molecule has 12 heteroatoms. The van der Waals surface area contributed by atoms with Crippen LogP contribution in [-0.2, 0) is 23.7 Å². The highest BCUT2D eigenvalue weighted by Gasteiger charge is 2.55. The van der Waals surface area contributed by atoms with Crippen LogP contribution in [0, 0.1) is 11.8 Å². The van der Waals surface area contributed by atoms with Crippen LogP contribution in [-0.4, -0.2) is 97.7 Å². The molecule has 4 fully saturated rings. The third-order valence-electron chi connectivity index (χ3n) is 6.69. The zero-order valence-electron chi connectivity index (χ0n) is 21.0. The molecular weight excluding hydrogens is 430 g/mol. The minimum absolute atomic E-state index is 0.000231. The number of hydrogen-bond donors (Lipinski definition) is 5. The lowest BCUT2D eigenvalue weighted by Gasteiger charge is -2.24. The predicted octanol–water partition coefficient (Wildman–Crippen LogP) is -0.171. The van der Waals surface area contributed by atoms with Crippen LogP contribution in [0.1, 0.15) is 40.5 Å². The van der Waals surface area contributed by atoms with Gasteiger partial charge in [-0.3, -0.25) is 0 Å². The normalized spacial score (nSPS) is 40.2. The first-order chi connectivity index (χ1) is 15.4. The first-order valence-electron chi connectivity index (χ1n) is 12.0. The molecule has 0 aromatic heterocycles. The standard InChI is InChI=1S/C11H22BNO4.C10H20BNO4/c1-11(2)16-9-7(6-15-4)5-8(10(9)17-11)13-12(3)14;1-10(2)15-8-6(5-13)4-7(9(8)16-10)12-11(3)14/h7-10,13-14H,5-6H2,1-4H3;6-9,12-14H,4-5H2,1-3H3/t7-,8-,9-,10+;6-,7-,8-,9+/m11/s1. The van der Waals surface area contributed by atoms with Gasteiger partial charge in [0.25, 0.3) is 0 Å². The van der Waals surface area contributed by atoms with Gasteiger partial charge in [0, 0.05) is 37.6 Å². The second-order valence-corrected chi connectivity index (χ2v) is 10.7. The molecule has 0 amide bonds. The number of nitrogens with one attached hydrogen (secondary N) is 2. The Kier molecular flexibility index (Phi) is 8.92. The second kappa shape index (κ2) is 10.8. The summed E-state index contributed by atoms with van der Waals surface area (Å²) in [5, 5.41) is 34.3. The van der Waals surface area contributed by atoms with Gasteiger partial charge in [-0.25, -0.2) is 0 Å². The fourth-order valence-electron chi connectivity index (χ4n) is 5.68. The SMILES string of the molecule is CB(O)N[C@@H]1C[C@H](CO)[C@H]2OC(C)(C)O[C@H]21.COC[C@H]1C[C@@H](NB(C)O)[C@@H]2OC(C)(C)O[C@H]12. The Morgan fingerprint density at radius 3 is 1.58 bits per heavy atom. The van der Waals surface area contributed by atoms with Crippen molar-refractivity contribution >= 4 is 14.1 Å². The van der Waals surface area contributed by atoms with E-state index in [0.717, 1.165) is 12.8 Å². The van der Waals surface area contributed by atoms with Gasteiger partial charge >= 0.3 is 14.1 Å². The van der Waals surface area contributed by atoms with Gasteiger partial charge in [-0.05, 0) is 54.2 Å². The smallest absolute Gasteiger partial charge is 0.373 e. The maximum absolute atomic E-state index is 9.44. The van der Waals surface area contributed by atoms with E-state index < -0.39 is 25.7 Å². The van der Waals surface area contributed by atoms with Gasteiger partial charge in [-0.2, -0.15) is 0 Å². The highest BCUT2D eigenvalue weighted by molar-refractivity contribution is 6.45. The lowest BCUT2D eigenvalue weighted by molar-refractivity contribution is -0.160. The summed E-state index contributed by atoms with van der Waals surface area (Å²) in [5.74, 6) is -0.728. The minimum atomic E-state index is -0.595. The van der Waals surface area contributed by atoms with Gasteiger partial charge in [0.2, 0.25) is 0 Å². The molecule has 4 rings (SSSR count). The summed E-state index contributed by atoms with van der Waals surface area (Å²) in [6.45, 7) is 11.8. The topological polar surface area (TPSA) is 131 Å². The van der Waals surface area contributed by atoms with E-state index >= 15 is 0 Å². The fraction of sp³-hybridized carbons (Fsp3) is 1.00. The van der Waals surface area contributed by atoms with Crippen molar-refractivity contribution in [3.8, 4) is 0 Å². The lowest BCUT2D eigenvalue weighted by Crippen LogP contribution is -2.46. The Bertz CT molecular complexity index is 641. The Hall–Kier alpha value is -0.270. The zero-order chi connectivity index (χ0) is 24.6. The van der Waals surface area contributed by atoms with Crippen LogP contribution in [0.3, 0.4) is 0 Å². The van der Waals surface area contributed by atoms with Crippen molar-refractivity contribution in [2.45, 2.75) is 102 Å². The summed E-state index contributed by atoms with van der Waals surface area (Å²) < 4.78 is 28.7. The molecule has 5 N–H and O–H groups in total. The molecule has 2 heterocycles. The van der Waals surface area contributed by atoms with E-state index in [0.29, 0.717) is 12.5 Å². The minimum Gasteiger partial charge on any atom is -0.437 e. The fourth-order valence-corrected chi connectivity index (χ4v) is 5.68. The Labute approximate surface area is 198 Å². The monoisotopic (exact) mass is 472 g/mol. The van der Waals surface area contributed by atoms with Gasteiger partial charge in [0.05, 0.1) is 18.8 Å². The Morgan fingerprint density at radius 1 is 0.788 bits per heavy atom. The number of fused-ring (bicyclic) bond motifs is 2.